The van der Waals surface area contributed by atoms with Crippen LogP contribution in [0.1, 0.15) is 31.9 Å². The van der Waals surface area contributed by atoms with E-state index < -0.39 is 0 Å². The normalized spacial score (nSPS) is 10.7. The SMILES string of the molecule is CCCCCNC(=O)Cc1nnn(-c2ccccc2)c1-c1ccccc1. The van der Waals surface area contributed by atoms with E-state index in [0.29, 0.717) is 12.2 Å². The van der Waals surface area contributed by atoms with Crippen LogP contribution in [0.15, 0.2) is 60.7 Å². The Morgan fingerprint density at radius 2 is 1.69 bits per heavy atom. The van der Waals surface area contributed by atoms with Gasteiger partial charge in [0.15, 0.2) is 0 Å². The van der Waals surface area contributed by atoms with E-state index in [9.17, 15) is 4.79 Å². The van der Waals surface area contributed by atoms with Crippen LogP contribution in [0.25, 0.3) is 16.9 Å². The summed E-state index contributed by atoms with van der Waals surface area (Å²) in [5, 5.41) is 11.6. The molecule has 0 unspecified atom stereocenters. The minimum Gasteiger partial charge on any atom is -0.356 e. The average molecular weight is 348 g/mol. The van der Waals surface area contributed by atoms with Crippen LogP contribution in [0.4, 0.5) is 0 Å². The summed E-state index contributed by atoms with van der Waals surface area (Å²) in [6, 6.07) is 19.8. The van der Waals surface area contributed by atoms with E-state index >= 15 is 0 Å². The Morgan fingerprint density at radius 3 is 2.38 bits per heavy atom. The van der Waals surface area contributed by atoms with Crippen molar-refractivity contribution in [1.29, 1.82) is 0 Å². The molecule has 1 heterocycles. The summed E-state index contributed by atoms with van der Waals surface area (Å²) in [6.07, 6.45) is 3.49. The molecule has 1 aromatic heterocycles. The molecule has 0 saturated heterocycles. The minimum atomic E-state index is -0.0154. The molecule has 5 heteroatoms. The van der Waals surface area contributed by atoms with Crippen LogP contribution in [0.5, 0.6) is 0 Å². The molecule has 0 aliphatic carbocycles. The van der Waals surface area contributed by atoms with Crippen molar-refractivity contribution in [3.05, 3.63) is 66.4 Å². The van der Waals surface area contributed by atoms with Crippen molar-refractivity contribution in [3.63, 3.8) is 0 Å². The molecule has 3 rings (SSSR count). The zero-order chi connectivity index (χ0) is 18.2. The van der Waals surface area contributed by atoms with Gasteiger partial charge >= 0.3 is 0 Å². The van der Waals surface area contributed by atoms with E-state index in [4.69, 9.17) is 0 Å². The molecule has 3 aromatic rings. The van der Waals surface area contributed by atoms with E-state index in [-0.39, 0.29) is 12.3 Å². The number of aromatic nitrogens is 3. The molecule has 5 nitrogen and oxygen atoms in total. The van der Waals surface area contributed by atoms with E-state index in [1.165, 1.54) is 0 Å². The Morgan fingerprint density at radius 1 is 1.00 bits per heavy atom. The lowest BCUT2D eigenvalue weighted by Gasteiger charge is -2.09. The fourth-order valence-corrected chi connectivity index (χ4v) is 2.88. The summed E-state index contributed by atoms with van der Waals surface area (Å²) in [5.74, 6) is -0.0154. The minimum absolute atomic E-state index is 0.0154. The van der Waals surface area contributed by atoms with Crippen molar-refractivity contribution in [2.75, 3.05) is 6.54 Å². The quantitative estimate of drug-likeness (QED) is 0.630. The predicted octanol–water partition coefficient (Wildman–Crippen LogP) is 3.78. The first-order valence-corrected chi connectivity index (χ1v) is 9.11. The molecule has 0 saturated carbocycles. The van der Waals surface area contributed by atoms with Crippen LogP contribution in [-0.4, -0.2) is 27.4 Å². The first-order chi connectivity index (χ1) is 12.8. The smallest absolute Gasteiger partial charge is 0.226 e. The molecule has 0 bridgehead atoms. The molecular weight excluding hydrogens is 324 g/mol. The van der Waals surface area contributed by atoms with Gasteiger partial charge in [0, 0.05) is 12.1 Å². The molecule has 0 fully saturated rings. The second kappa shape index (κ2) is 8.94. The first kappa shape index (κ1) is 17.9. The third-order valence-electron chi connectivity index (χ3n) is 4.22. The Balaban J connectivity index is 1.86. The molecule has 0 aliphatic rings. The maximum Gasteiger partial charge on any atom is 0.226 e. The molecule has 0 spiro atoms. The number of rotatable bonds is 8. The van der Waals surface area contributed by atoms with Gasteiger partial charge in [-0.3, -0.25) is 4.79 Å². The van der Waals surface area contributed by atoms with Crippen LogP contribution >= 0.6 is 0 Å². The lowest BCUT2D eigenvalue weighted by molar-refractivity contribution is -0.120. The van der Waals surface area contributed by atoms with Crippen LogP contribution < -0.4 is 5.32 Å². The van der Waals surface area contributed by atoms with Gasteiger partial charge in [-0.2, -0.15) is 0 Å². The largest absolute Gasteiger partial charge is 0.356 e. The Hall–Kier alpha value is -2.95. The lowest BCUT2D eigenvalue weighted by Crippen LogP contribution is -2.26. The number of carbonyl (C=O) groups excluding carboxylic acids is 1. The fraction of sp³-hybridized carbons (Fsp3) is 0.286. The number of hydrogen-bond donors (Lipinski definition) is 1. The third-order valence-corrected chi connectivity index (χ3v) is 4.22. The van der Waals surface area contributed by atoms with E-state index in [2.05, 4.69) is 22.6 Å². The highest BCUT2D eigenvalue weighted by Gasteiger charge is 2.18. The Bertz CT molecular complexity index is 828. The van der Waals surface area contributed by atoms with E-state index in [0.717, 1.165) is 36.2 Å². The first-order valence-electron chi connectivity index (χ1n) is 9.11. The zero-order valence-corrected chi connectivity index (χ0v) is 15.1. The number of benzene rings is 2. The second-order valence-electron chi connectivity index (χ2n) is 6.23. The molecule has 0 atom stereocenters. The van der Waals surface area contributed by atoms with Crippen molar-refractivity contribution >= 4 is 5.91 Å². The van der Waals surface area contributed by atoms with Gasteiger partial charge in [-0.25, -0.2) is 4.68 Å². The highest BCUT2D eigenvalue weighted by molar-refractivity contribution is 5.80. The Kier molecular flexibility index (Phi) is 6.14. The highest BCUT2D eigenvalue weighted by Crippen LogP contribution is 2.25. The van der Waals surface area contributed by atoms with Gasteiger partial charge in [0.1, 0.15) is 5.69 Å². The van der Waals surface area contributed by atoms with Crippen molar-refractivity contribution < 1.29 is 4.79 Å². The number of amides is 1. The monoisotopic (exact) mass is 348 g/mol. The van der Waals surface area contributed by atoms with Crippen molar-refractivity contribution in [1.82, 2.24) is 20.3 Å². The van der Waals surface area contributed by atoms with Gasteiger partial charge in [0.25, 0.3) is 0 Å². The summed E-state index contributed by atoms with van der Waals surface area (Å²) < 4.78 is 1.80. The standard InChI is InChI=1S/C21H24N4O/c1-2-3-10-15-22-20(26)16-19-21(17-11-6-4-7-12-17)25(24-23-19)18-13-8-5-9-14-18/h4-9,11-14H,2-3,10,15-16H2,1H3,(H,22,26). The van der Waals surface area contributed by atoms with Crippen molar-refractivity contribution in [3.8, 4) is 16.9 Å². The number of carbonyl (C=O) groups is 1. The molecule has 134 valence electrons. The molecule has 0 aliphatic heterocycles. The molecule has 0 radical (unpaired) electrons. The van der Waals surface area contributed by atoms with Gasteiger partial charge in [-0.15, -0.1) is 5.10 Å². The van der Waals surface area contributed by atoms with Crippen LogP contribution in [0.2, 0.25) is 0 Å². The number of para-hydroxylation sites is 1. The number of hydrogen-bond acceptors (Lipinski definition) is 3. The summed E-state index contributed by atoms with van der Waals surface area (Å²) in [5.41, 5.74) is 3.47. The van der Waals surface area contributed by atoms with Gasteiger partial charge in [-0.1, -0.05) is 73.5 Å². The van der Waals surface area contributed by atoms with E-state index in [1.807, 2.05) is 60.7 Å². The second-order valence-corrected chi connectivity index (χ2v) is 6.23. The average Bonchev–Trinajstić information content (AvgIpc) is 3.10. The van der Waals surface area contributed by atoms with Crippen molar-refractivity contribution in [2.24, 2.45) is 0 Å². The third kappa shape index (κ3) is 4.36. The summed E-state index contributed by atoms with van der Waals surface area (Å²) in [4.78, 5) is 12.3. The van der Waals surface area contributed by atoms with Crippen LogP contribution in [0, 0.1) is 0 Å². The predicted molar refractivity (Wildman–Crippen MR) is 103 cm³/mol. The van der Waals surface area contributed by atoms with Gasteiger partial charge in [0.2, 0.25) is 5.91 Å². The highest BCUT2D eigenvalue weighted by atomic mass is 16.1. The zero-order valence-electron chi connectivity index (χ0n) is 15.1. The van der Waals surface area contributed by atoms with Crippen LogP contribution in [-0.2, 0) is 11.2 Å². The van der Waals surface area contributed by atoms with Gasteiger partial charge in [-0.05, 0) is 18.6 Å². The lowest BCUT2D eigenvalue weighted by atomic mass is 10.1. The van der Waals surface area contributed by atoms with Crippen molar-refractivity contribution in [2.45, 2.75) is 32.6 Å². The molecule has 1 N–H and O–H groups in total. The summed E-state index contributed by atoms with van der Waals surface area (Å²) in [6.45, 7) is 2.86. The van der Waals surface area contributed by atoms with E-state index in [1.54, 1.807) is 4.68 Å². The fourth-order valence-electron chi connectivity index (χ4n) is 2.88. The Labute approximate surface area is 154 Å². The maximum atomic E-state index is 12.3. The summed E-state index contributed by atoms with van der Waals surface area (Å²) in [7, 11) is 0. The topological polar surface area (TPSA) is 59.8 Å². The number of unbranched alkanes of at least 4 members (excludes halogenated alkanes) is 2. The maximum absolute atomic E-state index is 12.3. The number of nitrogens with one attached hydrogen (secondary N) is 1. The summed E-state index contributed by atoms with van der Waals surface area (Å²) >= 11 is 0. The van der Waals surface area contributed by atoms with Gasteiger partial charge < -0.3 is 5.32 Å². The molecule has 1 amide bonds. The molecule has 26 heavy (non-hydrogen) atoms. The molecule has 2 aromatic carbocycles. The van der Waals surface area contributed by atoms with Gasteiger partial charge in [0.05, 0.1) is 17.8 Å². The number of nitrogens with zero attached hydrogens (tertiary/aromatic N) is 3. The molecular formula is C21H24N4O. The van der Waals surface area contributed by atoms with Crippen LogP contribution in [0.3, 0.4) is 0 Å².